The van der Waals surface area contributed by atoms with Gasteiger partial charge >= 0.3 is 0 Å². The fourth-order valence-electron chi connectivity index (χ4n) is 3.48. The van der Waals surface area contributed by atoms with Gasteiger partial charge in [-0.1, -0.05) is 30.3 Å². The lowest BCUT2D eigenvalue weighted by Gasteiger charge is -2.22. The third-order valence-corrected chi connectivity index (χ3v) is 5.14. The topological polar surface area (TPSA) is 98.0 Å². The van der Waals surface area contributed by atoms with Crippen LogP contribution in [0.15, 0.2) is 57.7 Å². The summed E-state index contributed by atoms with van der Waals surface area (Å²) in [4.78, 5) is 24.6. The molecule has 1 aliphatic rings. The second-order valence-corrected chi connectivity index (χ2v) is 7.30. The SMILES string of the molecule is O=C(COc1cc(O)c2c(=O)cc(-c3ccccc3)oc2c1)NCC1CCOCC1. The smallest absolute Gasteiger partial charge is 0.257 e. The van der Waals surface area contributed by atoms with E-state index in [1.165, 1.54) is 18.2 Å². The quantitative estimate of drug-likeness (QED) is 0.649. The van der Waals surface area contributed by atoms with Crippen molar-refractivity contribution in [3.05, 3.63) is 58.8 Å². The number of carbonyl (C=O) groups is 1. The van der Waals surface area contributed by atoms with Gasteiger partial charge in [-0.15, -0.1) is 0 Å². The predicted octanol–water partition coefficient (Wildman–Crippen LogP) is 3.09. The first-order valence-corrected chi connectivity index (χ1v) is 9.93. The van der Waals surface area contributed by atoms with Crippen LogP contribution in [0.1, 0.15) is 12.8 Å². The molecular weight excluding hydrogens is 386 g/mol. The molecule has 2 N–H and O–H groups in total. The highest BCUT2D eigenvalue weighted by molar-refractivity contribution is 5.86. The number of aromatic hydroxyl groups is 1. The third kappa shape index (κ3) is 4.63. The maximum absolute atomic E-state index is 12.5. The Kier molecular flexibility index (Phi) is 5.99. The Morgan fingerprint density at radius 3 is 2.67 bits per heavy atom. The number of amides is 1. The first-order valence-electron chi connectivity index (χ1n) is 9.93. The molecule has 7 nitrogen and oxygen atoms in total. The van der Waals surface area contributed by atoms with Crippen molar-refractivity contribution in [1.29, 1.82) is 0 Å². The molecule has 156 valence electrons. The van der Waals surface area contributed by atoms with Crippen LogP contribution in [0, 0.1) is 5.92 Å². The molecule has 1 aliphatic heterocycles. The molecule has 4 rings (SSSR count). The number of ether oxygens (including phenoxy) is 2. The zero-order chi connectivity index (χ0) is 20.9. The van der Waals surface area contributed by atoms with Crippen molar-refractivity contribution >= 4 is 16.9 Å². The molecule has 2 heterocycles. The summed E-state index contributed by atoms with van der Waals surface area (Å²) in [6.07, 6.45) is 1.87. The van der Waals surface area contributed by atoms with E-state index >= 15 is 0 Å². The van der Waals surface area contributed by atoms with Gasteiger partial charge in [0.25, 0.3) is 5.91 Å². The molecular formula is C23H23NO6. The van der Waals surface area contributed by atoms with Crippen molar-refractivity contribution in [2.24, 2.45) is 5.92 Å². The number of carbonyl (C=O) groups excluding carboxylic acids is 1. The third-order valence-electron chi connectivity index (χ3n) is 5.14. The molecule has 1 aromatic heterocycles. The van der Waals surface area contributed by atoms with E-state index in [-0.39, 0.29) is 40.4 Å². The molecule has 0 saturated carbocycles. The minimum atomic E-state index is -0.353. The lowest BCUT2D eigenvalue weighted by Crippen LogP contribution is -2.35. The Labute approximate surface area is 173 Å². The maximum atomic E-state index is 12.5. The van der Waals surface area contributed by atoms with Crippen LogP contribution in [0.5, 0.6) is 11.5 Å². The maximum Gasteiger partial charge on any atom is 0.257 e. The number of rotatable bonds is 6. The molecule has 2 aromatic carbocycles. The van der Waals surface area contributed by atoms with Crippen LogP contribution in [0.2, 0.25) is 0 Å². The van der Waals surface area contributed by atoms with E-state index in [4.69, 9.17) is 13.9 Å². The van der Waals surface area contributed by atoms with E-state index in [9.17, 15) is 14.7 Å². The van der Waals surface area contributed by atoms with Gasteiger partial charge in [-0.3, -0.25) is 9.59 Å². The largest absolute Gasteiger partial charge is 0.507 e. The van der Waals surface area contributed by atoms with Crippen molar-refractivity contribution in [2.45, 2.75) is 12.8 Å². The molecule has 0 aliphatic carbocycles. The highest BCUT2D eigenvalue weighted by Gasteiger charge is 2.16. The van der Waals surface area contributed by atoms with Crippen molar-refractivity contribution in [1.82, 2.24) is 5.32 Å². The van der Waals surface area contributed by atoms with E-state index in [2.05, 4.69) is 5.32 Å². The number of nitrogens with one attached hydrogen (secondary N) is 1. The number of hydrogen-bond donors (Lipinski definition) is 2. The Balaban J connectivity index is 1.47. The molecule has 3 aromatic rings. The zero-order valence-corrected chi connectivity index (χ0v) is 16.4. The van der Waals surface area contributed by atoms with Gasteiger partial charge in [0.15, 0.2) is 12.0 Å². The minimum absolute atomic E-state index is 0.0750. The van der Waals surface area contributed by atoms with Crippen LogP contribution in [0.25, 0.3) is 22.3 Å². The van der Waals surface area contributed by atoms with E-state index in [1.807, 2.05) is 30.3 Å². The fourth-order valence-corrected chi connectivity index (χ4v) is 3.48. The average Bonchev–Trinajstić information content (AvgIpc) is 2.77. The van der Waals surface area contributed by atoms with Gasteiger partial charge in [0.05, 0.1) is 0 Å². The summed E-state index contributed by atoms with van der Waals surface area (Å²) in [7, 11) is 0. The zero-order valence-electron chi connectivity index (χ0n) is 16.4. The van der Waals surface area contributed by atoms with Gasteiger partial charge in [-0.25, -0.2) is 0 Å². The van der Waals surface area contributed by atoms with Gasteiger partial charge in [0, 0.05) is 43.5 Å². The Hall–Kier alpha value is -3.32. The summed E-state index contributed by atoms with van der Waals surface area (Å²) >= 11 is 0. The molecule has 1 amide bonds. The van der Waals surface area contributed by atoms with Gasteiger partial charge < -0.3 is 24.3 Å². The van der Waals surface area contributed by atoms with Crippen molar-refractivity contribution in [3.8, 4) is 22.8 Å². The summed E-state index contributed by atoms with van der Waals surface area (Å²) in [6, 6.07) is 13.4. The van der Waals surface area contributed by atoms with E-state index in [0.717, 1.165) is 31.6 Å². The second kappa shape index (κ2) is 9.00. The van der Waals surface area contributed by atoms with E-state index < -0.39 is 0 Å². The monoisotopic (exact) mass is 409 g/mol. The highest BCUT2D eigenvalue weighted by Crippen LogP contribution is 2.31. The molecule has 0 spiro atoms. The second-order valence-electron chi connectivity index (χ2n) is 7.30. The summed E-state index contributed by atoms with van der Waals surface area (Å²) < 4.78 is 16.7. The number of phenols is 1. The molecule has 1 fully saturated rings. The Morgan fingerprint density at radius 2 is 1.90 bits per heavy atom. The summed E-state index contributed by atoms with van der Waals surface area (Å²) in [5.41, 5.74) is 0.585. The van der Waals surface area contributed by atoms with Gasteiger partial charge in [0.2, 0.25) is 0 Å². The lowest BCUT2D eigenvalue weighted by molar-refractivity contribution is -0.123. The molecule has 30 heavy (non-hydrogen) atoms. The highest BCUT2D eigenvalue weighted by atomic mass is 16.5. The normalized spacial score (nSPS) is 14.5. The molecule has 0 radical (unpaired) electrons. The lowest BCUT2D eigenvalue weighted by atomic mass is 10.0. The van der Waals surface area contributed by atoms with E-state index in [1.54, 1.807) is 0 Å². The summed E-state index contributed by atoms with van der Waals surface area (Å²) in [5, 5.41) is 13.2. The van der Waals surface area contributed by atoms with Crippen molar-refractivity contribution in [3.63, 3.8) is 0 Å². The predicted molar refractivity (Wildman–Crippen MR) is 112 cm³/mol. The summed E-state index contributed by atoms with van der Waals surface area (Å²) in [6.45, 7) is 1.84. The van der Waals surface area contributed by atoms with Crippen LogP contribution in [0.3, 0.4) is 0 Å². The van der Waals surface area contributed by atoms with Crippen molar-refractivity contribution in [2.75, 3.05) is 26.4 Å². The summed E-state index contributed by atoms with van der Waals surface area (Å²) in [5.74, 6) is 0.547. The van der Waals surface area contributed by atoms with Crippen LogP contribution in [-0.2, 0) is 9.53 Å². The molecule has 1 saturated heterocycles. The number of fused-ring (bicyclic) bond motifs is 1. The molecule has 0 bridgehead atoms. The van der Waals surface area contributed by atoms with Crippen LogP contribution in [-0.4, -0.2) is 37.4 Å². The van der Waals surface area contributed by atoms with Crippen LogP contribution in [0.4, 0.5) is 0 Å². The first-order chi connectivity index (χ1) is 14.6. The number of phenolic OH excluding ortho intramolecular Hbond substituents is 1. The Bertz CT molecular complexity index is 1090. The Morgan fingerprint density at radius 1 is 1.13 bits per heavy atom. The molecule has 0 atom stereocenters. The molecule has 0 unspecified atom stereocenters. The fraction of sp³-hybridized carbons (Fsp3) is 0.304. The number of benzene rings is 2. The average molecular weight is 409 g/mol. The van der Waals surface area contributed by atoms with Gasteiger partial charge in [-0.05, 0) is 18.8 Å². The van der Waals surface area contributed by atoms with Gasteiger partial charge in [0.1, 0.15) is 28.2 Å². The number of hydrogen-bond acceptors (Lipinski definition) is 6. The van der Waals surface area contributed by atoms with Crippen molar-refractivity contribution < 1.29 is 23.8 Å². The first kappa shape index (κ1) is 20.0. The molecule has 7 heteroatoms. The van der Waals surface area contributed by atoms with Crippen LogP contribution >= 0.6 is 0 Å². The van der Waals surface area contributed by atoms with Crippen LogP contribution < -0.4 is 15.5 Å². The minimum Gasteiger partial charge on any atom is -0.507 e. The van der Waals surface area contributed by atoms with Gasteiger partial charge in [-0.2, -0.15) is 0 Å². The standard InChI is InChI=1S/C23H23NO6/c25-18-10-17(29-14-22(27)24-13-15-6-8-28-9-7-15)11-21-23(18)19(26)12-20(30-21)16-4-2-1-3-5-16/h1-5,10-12,15,25H,6-9,13-14H2,(H,24,27). The van der Waals surface area contributed by atoms with E-state index in [0.29, 0.717) is 18.2 Å².